The summed E-state index contributed by atoms with van der Waals surface area (Å²) in [6, 6.07) is 0. The molecule has 0 bridgehead atoms. The third-order valence-electron chi connectivity index (χ3n) is 0. The molecular weight excluding hydrogens is 615 g/mol. The Hall–Kier alpha value is 1.73. The Labute approximate surface area is 241 Å². The molecule has 0 aliphatic heterocycles. The van der Waals surface area contributed by atoms with Gasteiger partial charge in [0.15, 0.2) is 0 Å². The standard InChI is InChI=1S/4C5H12.Ni.4H3O3P/c4*1-5(2,3)4;;4*1-4(2)3/h4*1-4H3;;4*1-3H. The molecule has 0 rings (SSSR count). The van der Waals surface area contributed by atoms with Crippen LogP contribution < -0.4 is 0 Å². The molecule has 12 nitrogen and oxygen atoms in total. The van der Waals surface area contributed by atoms with Crippen molar-refractivity contribution in [2.24, 2.45) is 21.7 Å². The Kier molecular flexibility index (Phi) is 60.3. The first-order valence-corrected chi connectivity index (χ1v) is 15.2. The average molecular weight is 675 g/mol. The number of hydrogen-bond donors (Lipinski definition) is 12. The van der Waals surface area contributed by atoms with Crippen molar-refractivity contribution in [3.8, 4) is 0 Å². The largest absolute Gasteiger partial charge is 0.328 e. The van der Waals surface area contributed by atoms with E-state index in [0.29, 0.717) is 21.7 Å². The minimum atomic E-state index is -2.62. The van der Waals surface area contributed by atoms with Gasteiger partial charge in [0.25, 0.3) is 0 Å². The molecule has 0 saturated carbocycles. The molecule has 0 saturated heterocycles. The van der Waals surface area contributed by atoms with Crippen LogP contribution in [-0.4, -0.2) is 58.7 Å². The summed E-state index contributed by atoms with van der Waals surface area (Å²) in [6.45, 7) is 35.0. The SMILES string of the molecule is CC(C)(C)C.CC(C)(C)C.CC(C)(C)C.CC(C)(C)C.OP(O)O.OP(O)O.OP(O)O.OP(O)O.[Ni]. The second-order valence-electron chi connectivity index (χ2n) is 13.1. The second-order valence-corrected chi connectivity index (χ2v) is 15.2. The first kappa shape index (κ1) is 62.4. The van der Waals surface area contributed by atoms with Crippen molar-refractivity contribution in [2.45, 2.75) is 111 Å². The van der Waals surface area contributed by atoms with Crippen molar-refractivity contribution in [3.05, 3.63) is 0 Å². The summed E-state index contributed by atoms with van der Waals surface area (Å²) < 4.78 is 0. The maximum atomic E-state index is 7.23. The van der Waals surface area contributed by atoms with E-state index >= 15 is 0 Å². The van der Waals surface area contributed by atoms with Gasteiger partial charge >= 0.3 is 34.4 Å². The van der Waals surface area contributed by atoms with E-state index in [0.717, 1.165) is 0 Å². The molecule has 0 spiro atoms. The van der Waals surface area contributed by atoms with Crippen LogP contribution in [0.2, 0.25) is 0 Å². The molecule has 0 heterocycles. The molecule has 0 amide bonds. The van der Waals surface area contributed by atoms with Crippen LogP contribution in [0.25, 0.3) is 0 Å². The van der Waals surface area contributed by atoms with Crippen LogP contribution in [0.3, 0.4) is 0 Å². The Morgan fingerprint density at radius 1 is 0.243 bits per heavy atom. The van der Waals surface area contributed by atoms with Gasteiger partial charge in [0, 0.05) is 16.5 Å². The van der Waals surface area contributed by atoms with Crippen molar-refractivity contribution in [3.63, 3.8) is 0 Å². The zero-order valence-electron chi connectivity index (χ0n) is 25.5. The summed E-state index contributed by atoms with van der Waals surface area (Å²) in [5, 5.41) is 0. The summed E-state index contributed by atoms with van der Waals surface area (Å²) in [5.41, 5.74) is 2.00. The summed E-state index contributed by atoms with van der Waals surface area (Å²) >= 11 is 0. The summed E-state index contributed by atoms with van der Waals surface area (Å²) in [6.07, 6.45) is 0. The fourth-order valence-corrected chi connectivity index (χ4v) is 0. The molecule has 0 unspecified atom stereocenters. The van der Waals surface area contributed by atoms with Gasteiger partial charge in [-0.3, -0.25) is 0 Å². The van der Waals surface area contributed by atoms with Gasteiger partial charge in [0.1, 0.15) is 0 Å². The topological polar surface area (TPSA) is 243 Å². The summed E-state index contributed by atoms with van der Waals surface area (Å²) in [4.78, 5) is 86.8. The quantitative estimate of drug-likeness (QED) is 0.120. The van der Waals surface area contributed by atoms with Gasteiger partial charge < -0.3 is 58.7 Å². The molecule has 17 heteroatoms. The van der Waals surface area contributed by atoms with Crippen LogP contribution in [0, 0.1) is 21.7 Å². The Morgan fingerprint density at radius 2 is 0.243 bits per heavy atom. The normalized spacial score (nSPS) is 10.4. The van der Waals surface area contributed by atoms with Gasteiger partial charge in [-0.25, -0.2) is 0 Å². The van der Waals surface area contributed by atoms with E-state index in [4.69, 9.17) is 58.7 Å². The molecule has 0 atom stereocenters. The van der Waals surface area contributed by atoms with Crippen LogP contribution in [0.4, 0.5) is 0 Å². The van der Waals surface area contributed by atoms with E-state index in [1.807, 2.05) is 0 Å². The predicted octanol–water partition coefficient (Wildman–Crippen LogP) is 4.97. The zero-order valence-corrected chi connectivity index (χ0v) is 30.0. The smallest absolute Gasteiger partial charge is 0.324 e. The first-order valence-electron chi connectivity index (χ1n) is 10.4. The Morgan fingerprint density at radius 3 is 0.243 bits per heavy atom. The Bertz CT molecular complexity index is 274. The van der Waals surface area contributed by atoms with Gasteiger partial charge in [-0.1, -0.05) is 111 Å². The third kappa shape index (κ3) is 16000. The first-order chi connectivity index (χ1) is 14.9. The molecule has 37 heavy (non-hydrogen) atoms. The molecule has 242 valence electrons. The van der Waals surface area contributed by atoms with Gasteiger partial charge in [0.05, 0.1) is 0 Å². The van der Waals surface area contributed by atoms with E-state index in [1.54, 1.807) is 0 Å². The van der Waals surface area contributed by atoms with E-state index in [-0.39, 0.29) is 16.5 Å². The molecule has 0 aromatic rings. The minimum Gasteiger partial charge on any atom is -0.328 e. The van der Waals surface area contributed by atoms with Crippen molar-refractivity contribution in [1.82, 2.24) is 0 Å². The van der Waals surface area contributed by atoms with Gasteiger partial charge in [-0.05, 0) is 21.7 Å². The van der Waals surface area contributed by atoms with Crippen molar-refractivity contribution >= 4 is 34.4 Å². The monoisotopic (exact) mass is 674 g/mol. The fourth-order valence-electron chi connectivity index (χ4n) is 0. The van der Waals surface area contributed by atoms with Crippen LogP contribution in [0.5, 0.6) is 0 Å². The van der Waals surface area contributed by atoms with Crippen molar-refractivity contribution in [2.75, 3.05) is 0 Å². The fraction of sp³-hybridized carbons (Fsp3) is 1.00. The van der Waals surface area contributed by atoms with E-state index in [1.165, 1.54) is 0 Å². The second kappa shape index (κ2) is 35.8. The molecule has 0 radical (unpaired) electrons. The average Bonchev–Trinajstić information content (AvgIpc) is 2.24. The van der Waals surface area contributed by atoms with Crippen LogP contribution in [0.1, 0.15) is 111 Å². The van der Waals surface area contributed by atoms with E-state index in [2.05, 4.69) is 111 Å². The Balaban J connectivity index is -0.0000000345. The van der Waals surface area contributed by atoms with Crippen LogP contribution >= 0.6 is 34.4 Å². The molecule has 0 aromatic carbocycles. The molecule has 0 aliphatic carbocycles. The zero-order chi connectivity index (χ0) is 32.3. The maximum Gasteiger partial charge on any atom is 0.324 e. The van der Waals surface area contributed by atoms with Crippen LogP contribution in [0.15, 0.2) is 0 Å². The maximum absolute atomic E-state index is 7.23. The summed E-state index contributed by atoms with van der Waals surface area (Å²) in [7, 11) is -10.5. The van der Waals surface area contributed by atoms with Crippen molar-refractivity contribution in [1.29, 1.82) is 0 Å². The van der Waals surface area contributed by atoms with E-state index in [9.17, 15) is 0 Å². The molecule has 0 aromatic heterocycles. The molecule has 0 fully saturated rings. The predicted molar refractivity (Wildman–Crippen MR) is 155 cm³/mol. The number of hydrogen-bond acceptors (Lipinski definition) is 12. The molecular formula is C20H60NiO12P4. The molecule has 0 aliphatic rings. The number of rotatable bonds is 0. The minimum absolute atomic E-state index is 0. The van der Waals surface area contributed by atoms with Crippen LogP contribution in [-0.2, 0) is 16.5 Å². The summed E-state index contributed by atoms with van der Waals surface area (Å²) in [5.74, 6) is 0. The molecule has 12 N–H and O–H groups in total. The van der Waals surface area contributed by atoms with E-state index < -0.39 is 34.4 Å². The van der Waals surface area contributed by atoms with Gasteiger partial charge in [0.2, 0.25) is 0 Å². The third-order valence-corrected chi connectivity index (χ3v) is 0. The van der Waals surface area contributed by atoms with Gasteiger partial charge in [-0.15, -0.1) is 0 Å². The van der Waals surface area contributed by atoms with Crippen molar-refractivity contribution < 1.29 is 75.2 Å². The van der Waals surface area contributed by atoms with Gasteiger partial charge in [-0.2, -0.15) is 0 Å².